The van der Waals surface area contributed by atoms with Crippen molar-refractivity contribution in [2.24, 2.45) is 5.92 Å². The fourth-order valence-corrected chi connectivity index (χ4v) is 3.22. The van der Waals surface area contributed by atoms with E-state index in [0.29, 0.717) is 18.5 Å². The molecular weight excluding hydrogens is 292 g/mol. The van der Waals surface area contributed by atoms with Crippen molar-refractivity contribution < 1.29 is 9.53 Å². The zero-order valence-corrected chi connectivity index (χ0v) is 14.0. The van der Waals surface area contributed by atoms with Crippen molar-refractivity contribution in [3.8, 4) is 0 Å². The molecule has 0 unspecified atom stereocenters. The van der Waals surface area contributed by atoms with E-state index in [2.05, 4.69) is 32.1 Å². The third-order valence-corrected chi connectivity index (χ3v) is 4.22. The summed E-state index contributed by atoms with van der Waals surface area (Å²) >= 11 is 0. The van der Waals surface area contributed by atoms with Gasteiger partial charge in [-0.25, -0.2) is 14.8 Å². The number of nitrogens with zero attached hydrogens (tertiary/aromatic N) is 3. The quantitative estimate of drug-likeness (QED) is 0.943. The SMILES string of the molecule is CC(C)(C)OC(=O)NC[C@@H]1CC[C@H](n2ccc3cncnc32)C1. The van der Waals surface area contributed by atoms with Crippen molar-refractivity contribution in [1.82, 2.24) is 19.9 Å². The monoisotopic (exact) mass is 316 g/mol. The highest BCUT2D eigenvalue weighted by molar-refractivity contribution is 5.74. The molecule has 0 saturated heterocycles. The van der Waals surface area contributed by atoms with Gasteiger partial charge < -0.3 is 14.6 Å². The number of alkyl carbamates (subject to hydrolysis) is 1. The van der Waals surface area contributed by atoms with Crippen LogP contribution in [0.1, 0.15) is 46.1 Å². The van der Waals surface area contributed by atoms with E-state index in [1.165, 1.54) is 0 Å². The fourth-order valence-electron chi connectivity index (χ4n) is 3.22. The van der Waals surface area contributed by atoms with Crippen LogP contribution in [0.5, 0.6) is 0 Å². The lowest BCUT2D eigenvalue weighted by atomic mass is 10.1. The molecule has 2 aromatic heterocycles. The van der Waals surface area contributed by atoms with Gasteiger partial charge in [0.2, 0.25) is 0 Å². The summed E-state index contributed by atoms with van der Waals surface area (Å²) in [6.45, 7) is 6.28. The first-order chi connectivity index (χ1) is 10.9. The molecule has 1 fully saturated rings. The second-order valence-corrected chi connectivity index (χ2v) is 7.24. The molecule has 6 heteroatoms. The van der Waals surface area contributed by atoms with E-state index in [1.807, 2.05) is 27.0 Å². The molecule has 124 valence electrons. The van der Waals surface area contributed by atoms with Gasteiger partial charge in [-0.2, -0.15) is 0 Å². The van der Waals surface area contributed by atoms with Gasteiger partial charge in [-0.05, 0) is 52.0 Å². The van der Waals surface area contributed by atoms with Crippen LogP contribution in [0.25, 0.3) is 11.0 Å². The molecule has 1 amide bonds. The number of hydrogen-bond donors (Lipinski definition) is 1. The van der Waals surface area contributed by atoms with Gasteiger partial charge in [-0.15, -0.1) is 0 Å². The van der Waals surface area contributed by atoms with E-state index in [1.54, 1.807) is 6.33 Å². The number of carbonyl (C=O) groups excluding carboxylic acids is 1. The molecule has 23 heavy (non-hydrogen) atoms. The number of hydrogen-bond acceptors (Lipinski definition) is 4. The Morgan fingerprint density at radius 3 is 3.04 bits per heavy atom. The Bertz CT molecular complexity index is 689. The molecule has 6 nitrogen and oxygen atoms in total. The summed E-state index contributed by atoms with van der Waals surface area (Å²) in [5, 5.41) is 3.96. The van der Waals surface area contributed by atoms with Crippen LogP contribution in [0.3, 0.4) is 0 Å². The summed E-state index contributed by atoms with van der Waals surface area (Å²) < 4.78 is 7.52. The summed E-state index contributed by atoms with van der Waals surface area (Å²) in [6.07, 6.45) is 8.45. The summed E-state index contributed by atoms with van der Waals surface area (Å²) in [5.74, 6) is 0.479. The third kappa shape index (κ3) is 3.81. The lowest BCUT2D eigenvalue weighted by molar-refractivity contribution is 0.0519. The fraction of sp³-hybridized carbons (Fsp3) is 0.588. The van der Waals surface area contributed by atoms with Crippen LogP contribution in [-0.4, -0.2) is 32.8 Å². The van der Waals surface area contributed by atoms with Gasteiger partial charge >= 0.3 is 6.09 Å². The minimum atomic E-state index is -0.452. The second-order valence-electron chi connectivity index (χ2n) is 7.24. The van der Waals surface area contributed by atoms with Crippen molar-refractivity contribution >= 4 is 17.1 Å². The Balaban J connectivity index is 1.56. The summed E-state index contributed by atoms with van der Waals surface area (Å²) in [7, 11) is 0. The smallest absolute Gasteiger partial charge is 0.407 e. The molecule has 1 aliphatic carbocycles. The number of amides is 1. The Morgan fingerprint density at radius 2 is 2.26 bits per heavy atom. The summed E-state index contributed by atoms with van der Waals surface area (Å²) in [5.41, 5.74) is 0.539. The van der Waals surface area contributed by atoms with E-state index in [0.717, 1.165) is 30.3 Å². The Labute approximate surface area is 136 Å². The minimum Gasteiger partial charge on any atom is -0.444 e. The lowest BCUT2D eigenvalue weighted by Gasteiger charge is -2.20. The zero-order chi connectivity index (χ0) is 16.4. The predicted molar refractivity (Wildman–Crippen MR) is 88.1 cm³/mol. The number of aromatic nitrogens is 3. The first-order valence-corrected chi connectivity index (χ1v) is 8.16. The number of fused-ring (bicyclic) bond motifs is 1. The summed E-state index contributed by atoms with van der Waals surface area (Å²) in [6, 6.07) is 2.49. The van der Waals surface area contributed by atoms with Crippen LogP contribution >= 0.6 is 0 Å². The molecule has 1 saturated carbocycles. The van der Waals surface area contributed by atoms with E-state index in [4.69, 9.17) is 4.74 Å². The molecule has 2 heterocycles. The Morgan fingerprint density at radius 1 is 1.43 bits per heavy atom. The molecule has 0 aromatic carbocycles. The van der Waals surface area contributed by atoms with Crippen LogP contribution in [0.15, 0.2) is 24.8 Å². The van der Waals surface area contributed by atoms with Crippen molar-refractivity contribution in [2.45, 2.75) is 51.7 Å². The second kappa shape index (κ2) is 6.18. The highest BCUT2D eigenvalue weighted by Gasteiger charge is 2.27. The maximum atomic E-state index is 11.7. The molecule has 2 aromatic rings. The zero-order valence-electron chi connectivity index (χ0n) is 14.0. The molecular formula is C17H24N4O2. The molecule has 3 rings (SSSR count). The van der Waals surface area contributed by atoms with Gasteiger partial charge in [0.25, 0.3) is 0 Å². The first kappa shape index (κ1) is 15.8. The lowest BCUT2D eigenvalue weighted by Crippen LogP contribution is -2.34. The molecule has 0 bridgehead atoms. The van der Waals surface area contributed by atoms with Gasteiger partial charge in [0, 0.05) is 30.4 Å². The van der Waals surface area contributed by atoms with Crippen molar-refractivity contribution in [3.63, 3.8) is 0 Å². The molecule has 2 atom stereocenters. The van der Waals surface area contributed by atoms with E-state index in [-0.39, 0.29) is 6.09 Å². The Kier molecular flexibility index (Phi) is 4.24. The molecule has 0 spiro atoms. The predicted octanol–water partition coefficient (Wildman–Crippen LogP) is 3.30. The first-order valence-electron chi connectivity index (χ1n) is 8.16. The van der Waals surface area contributed by atoms with Crippen LogP contribution in [0.4, 0.5) is 4.79 Å². The van der Waals surface area contributed by atoms with Crippen molar-refractivity contribution in [3.05, 3.63) is 24.8 Å². The van der Waals surface area contributed by atoms with Crippen LogP contribution < -0.4 is 5.32 Å². The maximum Gasteiger partial charge on any atom is 0.407 e. The van der Waals surface area contributed by atoms with E-state index in [9.17, 15) is 4.79 Å². The third-order valence-electron chi connectivity index (χ3n) is 4.22. The standard InChI is InChI=1S/C17H24N4O2/c1-17(2,3)23-16(22)19-9-12-4-5-14(8-12)21-7-6-13-10-18-11-20-15(13)21/h6-7,10-12,14H,4-5,8-9H2,1-3H3,(H,19,22)/t12-,14+/m1/s1. The number of nitrogens with one attached hydrogen (secondary N) is 1. The van der Waals surface area contributed by atoms with Gasteiger partial charge in [0.05, 0.1) is 0 Å². The molecule has 0 radical (unpaired) electrons. The van der Waals surface area contributed by atoms with Gasteiger partial charge in [-0.3, -0.25) is 0 Å². The van der Waals surface area contributed by atoms with E-state index < -0.39 is 5.60 Å². The van der Waals surface area contributed by atoms with Gasteiger partial charge in [0.15, 0.2) is 0 Å². The molecule has 1 aliphatic rings. The Hall–Kier alpha value is -2.11. The van der Waals surface area contributed by atoms with Crippen molar-refractivity contribution in [2.75, 3.05) is 6.54 Å². The highest BCUT2D eigenvalue weighted by atomic mass is 16.6. The average molecular weight is 316 g/mol. The minimum absolute atomic E-state index is 0.333. The molecule has 1 N–H and O–H groups in total. The summed E-state index contributed by atoms with van der Waals surface area (Å²) in [4.78, 5) is 20.2. The van der Waals surface area contributed by atoms with Gasteiger partial charge in [-0.1, -0.05) is 0 Å². The number of rotatable bonds is 3. The maximum absolute atomic E-state index is 11.7. The normalized spacial score (nSPS) is 21.5. The van der Waals surface area contributed by atoms with Crippen LogP contribution in [0, 0.1) is 5.92 Å². The van der Waals surface area contributed by atoms with Crippen molar-refractivity contribution in [1.29, 1.82) is 0 Å². The molecule has 0 aliphatic heterocycles. The number of carbonyl (C=O) groups is 1. The highest BCUT2D eigenvalue weighted by Crippen LogP contribution is 2.36. The average Bonchev–Trinajstić information content (AvgIpc) is 3.09. The van der Waals surface area contributed by atoms with Crippen LogP contribution in [-0.2, 0) is 4.74 Å². The topological polar surface area (TPSA) is 69.0 Å². The van der Waals surface area contributed by atoms with Gasteiger partial charge in [0.1, 0.15) is 17.6 Å². The van der Waals surface area contributed by atoms with Crippen LogP contribution in [0.2, 0.25) is 0 Å². The largest absolute Gasteiger partial charge is 0.444 e. The van der Waals surface area contributed by atoms with E-state index >= 15 is 0 Å². The number of ether oxygens (including phenoxy) is 1.